The largest absolute Gasteiger partial charge is 0.469 e. The van der Waals surface area contributed by atoms with Gasteiger partial charge in [0.1, 0.15) is 5.82 Å². The molecule has 0 spiro atoms. The summed E-state index contributed by atoms with van der Waals surface area (Å²) in [6.45, 7) is 1.08. The number of nitrogens with zero attached hydrogens (tertiary/aromatic N) is 3. The van der Waals surface area contributed by atoms with Crippen molar-refractivity contribution in [3.8, 4) is 0 Å². The Kier molecular flexibility index (Phi) is 3.81. The van der Waals surface area contributed by atoms with E-state index in [1.54, 1.807) is 12.1 Å². The SMILES string of the molecule is COC(=O)C12CCCC1CN(c1nc(C(F)F)nc3ccccc13)C2. The maximum absolute atomic E-state index is 13.2. The molecule has 1 saturated carbocycles. The van der Waals surface area contributed by atoms with E-state index in [2.05, 4.69) is 9.97 Å². The van der Waals surface area contributed by atoms with Crippen LogP contribution in [0.25, 0.3) is 10.9 Å². The molecule has 2 fully saturated rings. The first kappa shape index (κ1) is 16.2. The number of benzene rings is 1. The number of rotatable bonds is 3. The minimum Gasteiger partial charge on any atom is -0.469 e. The second-order valence-corrected chi connectivity index (χ2v) is 6.84. The number of carbonyl (C=O) groups excluding carboxylic acids is 1. The maximum Gasteiger partial charge on any atom is 0.313 e. The Labute approximate surface area is 144 Å². The van der Waals surface area contributed by atoms with E-state index >= 15 is 0 Å². The van der Waals surface area contributed by atoms with E-state index in [0.717, 1.165) is 24.6 Å². The number of aromatic nitrogens is 2. The van der Waals surface area contributed by atoms with E-state index < -0.39 is 17.7 Å². The first-order valence-electron chi connectivity index (χ1n) is 8.43. The molecule has 1 aromatic carbocycles. The average molecular weight is 347 g/mol. The molecule has 2 aromatic rings. The number of halogens is 2. The molecule has 2 atom stereocenters. The molecule has 1 aromatic heterocycles. The zero-order valence-electron chi connectivity index (χ0n) is 13.9. The van der Waals surface area contributed by atoms with E-state index in [9.17, 15) is 13.6 Å². The molecule has 25 heavy (non-hydrogen) atoms. The third kappa shape index (κ3) is 2.44. The molecule has 2 aliphatic rings. The van der Waals surface area contributed by atoms with Gasteiger partial charge in [-0.3, -0.25) is 4.79 Å². The Hall–Kier alpha value is -2.31. The number of hydrogen-bond acceptors (Lipinski definition) is 5. The third-order valence-electron chi connectivity index (χ3n) is 5.56. The Morgan fingerprint density at radius 2 is 2.16 bits per heavy atom. The molecule has 1 saturated heterocycles. The van der Waals surface area contributed by atoms with Gasteiger partial charge >= 0.3 is 5.97 Å². The number of anilines is 1. The van der Waals surface area contributed by atoms with Gasteiger partial charge in [-0.1, -0.05) is 18.6 Å². The smallest absolute Gasteiger partial charge is 0.313 e. The van der Waals surface area contributed by atoms with Crippen LogP contribution in [0.15, 0.2) is 24.3 Å². The second-order valence-electron chi connectivity index (χ2n) is 6.84. The van der Waals surface area contributed by atoms with Gasteiger partial charge in [0, 0.05) is 18.5 Å². The molecule has 0 amide bonds. The van der Waals surface area contributed by atoms with Crippen molar-refractivity contribution in [1.82, 2.24) is 9.97 Å². The maximum atomic E-state index is 13.2. The number of hydrogen-bond donors (Lipinski definition) is 0. The molecule has 5 nitrogen and oxygen atoms in total. The summed E-state index contributed by atoms with van der Waals surface area (Å²) in [4.78, 5) is 22.5. The Bertz CT molecular complexity index is 829. The lowest BCUT2D eigenvalue weighted by atomic mass is 9.81. The van der Waals surface area contributed by atoms with Gasteiger partial charge < -0.3 is 9.64 Å². The van der Waals surface area contributed by atoms with Crippen molar-refractivity contribution in [3.63, 3.8) is 0 Å². The number of alkyl halides is 2. The zero-order chi connectivity index (χ0) is 17.6. The van der Waals surface area contributed by atoms with Crippen LogP contribution in [-0.2, 0) is 9.53 Å². The van der Waals surface area contributed by atoms with E-state index in [-0.39, 0.29) is 11.9 Å². The van der Waals surface area contributed by atoms with Crippen molar-refractivity contribution in [1.29, 1.82) is 0 Å². The highest BCUT2D eigenvalue weighted by atomic mass is 19.3. The lowest BCUT2D eigenvalue weighted by Crippen LogP contribution is -2.37. The van der Waals surface area contributed by atoms with Gasteiger partial charge in [0.25, 0.3) is 6.43 Å². The summed E-state index contributed by atoms with van der Waals surface area (Å²) < 4.78 is 31.5. The molecule has 7 heteroatoms. The van der Waals surface area contributed by atoms with Gasteiger partial charge in [0.2, 0.25) is 0 Å². The lowest BCUT2D eigenvalue weighted by molar-refractivity contribution is -0.152. The van der Waals surface area contributed by atoms with Gasteiger partial charge in [-0.25, -0.2) is 18.7 Å². The average Bonchev–Trinajstić information content (AvgIpc) is 3.18. The van der Waals surface area contributed by atoms with Crippen molar-refractivity contribution in [2.45, 2.75) is 25.7 Å². The van der Waals surface area contributed by atoms with Crippen molar-refractivity contribution >= 4 is 22.7 Å². The Balaban J connectivity index is 1.79. The summed E-state index contributed by atoms with van der Waals surface area (Å²) in [6, 6.07) is 7.14. The molecule has 132 valence electrons. The van der Waals surface area contributed by atoms with Crippen molar-refractivity contribution in [2.24, 2.45) is 11.3 Å². The van der Waals surface area contributed by atoms with E-state index in [1.807, 2.05) is 17.0 Å². The van der Waals surface area contributed by atoms with Crippen molar-refractivity contribution < 1.29 is 18.3 Å². The monoisotopic (exact) mass is 347 g/mol. The predicted octanol–water partition coefficient (Wildman–Crippen LogP) is 3.35. The Morgan fingerprint density at radius 3 is 2.92 bits per heavy atom. The van der Waals surface area contributed by atoms with Crippen LogP contribution in [0.5, 0.6) is 0 Å². The summed E-state index contributed by atoms with van der Waals surface area (Å²) in [5.41, 5.74) is -0.0572. The second kappa shape index (κ2) is 5.89. The van der Waals surface area contributed by atoms with Crippen LogP contribution in [0.2, 0.25) is 0 Å². The number of methoxy groups -OCH3 is 1. The highest BCUT2D eigenvalue weighted by molar-refractivity contribution is 5.90. The first-order valence-corrected chi connectivity index (χ1v) is 8.43. The van der Waals surface area contributed by atoms with Crippen LogP contribution >= 0.6 is 0 Å². The van der Waals surface area contributed by atoms with Crippen LogP contribution in [0.4, 0.5) is 14.6 Å². The zero-order valence-corrected chi connectivity index (χ0v) is 13.9. The minimum absolute atomic E-state index is 0.170. The standard InChI is InChI=1S/C18H19F2N3O2/c1-25-17(24)18-8-4-5-11(18)9-23(10-18)16-12-6-2-3-7-13(12)21-15(22-16)14(19)20/h2-3,6-7,11,14H,4-5,8-10H2,1H3. The summed E-state index contributed by atoms with van der Waals surface area (Å²) in [6.07, 6.45) is -0.0394. The third-order valence-corrected chi connectivity index (χ3v) is 5.56. The molecule has 1 aliphatic heterocycles. The highest BCUT2D eigenvalue weighted by Crippen LogP contribution is 2.50. The van der Waals surface area contributed by atoms with Crippen molar-refractivity contribution in [2.75, 3.05) is 25.1 Å². The molecular formula is C18H19F2N3O2. The summed E-state index contributed by atoms with van der Waals surface area (Å²) in [5, 5.41) is 0.729. The fraction of sp³-hybridized carbons (Fsp3) is 0.500. The van der Waals surface area contributed by atoms with Crippen LogP contribution in [-0.4, -0.2) is 36.1 Å². The molecule has 0 N–H and O–H groups in total. The molecule has 2 unspecified atom stereocenters. The van der Waals surface area contributed by atoms with E-state index in [0.29, 0.717) is 24.4 Å². The van der Waals surface area contributed by atoms with Crippen LogP contribution in [0.3, 0.4) is 0 Å². The van der Waals surface area contributed by atoms with Gasteiger partial charge in [-0.05, 0) is 30.9 Å². The number of esters is 1. The number of fused-ring (bicyclic) bond motifs is 2. The fourth-order valence-electron chi connectivity index (χ4n) is 4.40. The van der Waals surface area contributed by atoms with E-state index in [1.165, 1.54) is 7.11 Å². The highest BCUT2D eigenvalue weighted by Gasteiger charge is 2.55. The van der Waals surface area contributed by atoms with Crippen LogP contribution in [0, 0.1) is 11.3 Å². The van der Waals surface area contributed by atoms with Gasteiger partial charge in [-0.15, -0.1) is 0 Å². The molecule has 1 aliphatic carbocycles. The van der Waals surface area contributed by atoms with E-state index in [4.69, 9.17) is 4.74 Å². The van der Waals surface area contributed by atoms with Gasteiger partial charge in [-0.2, -0.15) is 0 Å². The quantitative estimate of drug-likeness (QED) is 0.797. The number of carbonyl (C=O) groups is 1. The molecule has 0 radical (unpaired) electrons. The molecule has 0 bridgehead atoms. The molecule has 2 heterocycles. The van der Waals surface area contributed by atoms with Gasteiger partial charge in [0.05, 0.1) is 18.0 Å². The van der Waals surface area contributed by atoms with Crippen molar-refractivity contribution in [3.05, 3.63) is 30.1 Å². The summed E-state index contributed by atoms with van der Waals surface area (Å²) >= 11 is 0. The van der Waals surface area contributed by atoms with Crippen LogP contribution in [0.1, 0.15) is 31.5 Å². The Morgan fingerprint density at radius 1 is 1.36 bits per heavy atom. The van der Waals surface area contributed by atoms with Gasteiger partial charge in [0.15, 0.2) is 5.82 Å². The minimum atomic E-state index is -2.74. The molecule has 4 rings (SSSR count). The summed E-state index contributed by atoms with van der Waals surface area (Å²) in [5.74, 6) is -0.0231. The summed E-state index contributed by atoms with van der Waals surface area (Å²) in [7, 11) is 1.41. The fourth-order valence-corrected chi connectivity index (χ4v) is 4.40. The first-order chi connectivity index (χ1) is 12.0. The normalized spacial score (nSPS) is 25.6. The predicted molar refractivity (Wildman–Crippen MR) is 88.5 cm³/mol. The number of ether oxygens (including phenoxy) is 1. The van der Waals surface area contributed by atoms with Crippen LogP contribution < -0.4 is 4.90 Å². The molecular weight excluding hydrogens is 328 g/mol. The lowest BCUT2D eigenvalue weighted by Gasteiger charge is -2.26. The topological polar surface area (TPSA) is 55.3 Å². The number of para-hydroxylation sites is 1.